The van der Waals surface area contributed by atoms with E-state index < -0.39 is 35.4 Å². The zero-order chi connectivity index (χ0) is 36.5. The van der Waals surface area contributed by atoms with Gasteiger partial charge in [0.1, 0.15) is 0 Å². The monoisotopic (exact) mass is 696 g/mol. The number of carbonyl (C=O) groups excluding carboxylic acids is 4. The fourth-order valence-electron chi connectivity index (χ4n) is 8.68. The average molecular weight is 697 g/mol. The number of hydrogen-bond donors (Lipinski definition) is 0. The summed E-state index contributed by atoms with van der Waals surface area (Å²) in [6.45, 7) is 10.4. The van der Waals surface area contributed by atoms with Gasteiger partial charge in [0.05, 0.1) is 5.56 Å². The van der Waals surface area contributed by atoms with Crippen LogP contribution in [0.25, 0.3) is 43.1 Å². The van der Waals surface area contributed by atoms with Gasteiger partial charge in [0.2, 0.25) is 0 Å². The van der Waals surface area contributed by atoms with E-state index >= 15 is 13.2 Å². The molecule has 4 amide bonds. The third-order valence-corrected chi connectivity index (χ3v) is 11.5. The molecule has 9 heteroatoms. The van der Waals surface area contributed by atoms with Gasteiger partial charge in [-0.3, -0.25) is 29.0 Å². The van der Waals surface area contributed by atoms with Crippen molar-refractivity contribution in [3.63, 3.8) is 0 Å². The lowest BCUT2D eigenvalue weighted by atomic mass is 9.79. The van der Waals surface area contributed by atoms with Crippen LogP contribution < -0.4 is 0 Å². The summed E-state index contributed by atoms with van der Waals surface area (Å²) in [5, 5.41) is 2.33. The van der Waals surface area contributed by atoms with Gasteiger partial charge in [-0.25, -0.2) is 0 Å². The summed E-state index contributed by atoms with van der Waals surface area (Å²) >= 11 is 0. The Kier molecular flexibility index (Phi) is 8.83. The number of benzene rings is 5. The minimum absolute atomic E-state index is 0.0347. The highest BCUT2D eigenvalue weighted by molar-refractivity contribution is 6.42. The molecular weight excluding hydrogens is 653 g/mol. The SMILES string of the molecule is CCCCC(CC)CN1C(=O)c2ccc3c4c(C)cc5c6c(cc(C(F)(F)F)c(c7ccc(c2c37)C1=O)c64)C(=O)N(CC(CC)CCCC)C5=O. The highest BCUT2D eigenvalue weighted by Gasteiger charge is 2.42. The zero-order valence-corrected chi connectivity index (χ0v) is 29.9. The van der Waals surface area contributed by atoms with Gasteiger partial charge < -0.3 is 0 Å². The smallest absolute Gasteiger partial charge is 0.274 e. The Balaban J connectivity index is 1.50. The molecule has 0 aliphatic carbocycles. The number of imide groups is 2. The summed E-state index contributed by atoms with van der Waals surface area (Å²) in [5.41, 5.74) is 0.242. The summed E-state index contributed by atoms with van der Waals surface area (Å²) < 4.78 is 45.8. The molecule has 0 N–H and O–H groups in total. The van der Waals surface area contributed by atoms with E-state index in [1.807, 2.05) is 13.8 Å². The Morgan fingerprint density at radius 3 is 1.49 bits per heavy atom. The van der Waals surface area contributed by atoms with Crippen LogP contribution in [0.1, 0.15) is 132 Å². The second-order valence-electron chi connectivity index (χ2n) is 14.6. The molecule has 6 nitrogen and oxygen atoms in total. The number of alkyl halides is 3. The minimum Gasteiger partial charge on any atom is -0.274 e. The van der Waals surface area contributed by atoms with E-state index in [1.165, 1.54) is 11.0 Å². The Bertz CT molecular complexity index is 2250. The normalized spacial score (nSPS) is 16.2. The standard InChI is InChI=1S/C42H43F3N2O4/c1-6-10-12-23(8-3)20-46-38(48)27-16-14-25-32-22(5)18-29-35-30(41(51)47(40(29)50)21-24(9-4)13-11-7-2)19-31(42(43,44)45)36(37(32)35)26-15-17-28(39(46)49)34(27)33(25)26/h14-19,23-24H,6-13,20-21H2,1-5H3. The van der Waals surface area contributed by atoms with Crippen LogP contribution in [0.15, 0.2) is 36.4 Å². The summed E-state index contributed by atoms with van der Waals surface area (Å²) in [7, 11) is 0. The topological polar surface area (TPSA) is 74.8 Å². The number of rotatable bonds is 12. The molecule has 2 unspecified atom stereocenters. The first kappa shape index (κ1) is 34.9. The van der Waals surface area contributed by atoms with Crippen LogP contribution in [0.2, 0.25) is 0 Å². The molecule has 0 spiro atoms. The highest BCUT2D eigenvalue weighted by Crippen LogP contribution is 2.51. The van der Waals surface area contributed by atoms with E-state index in [0.717, 1.165) is 62.3 Å². The molecule has 5 aromatic carbocycles. The predicted octanol–water partition coefficient (Wildman–Crippen LogP) is 10.7. The first-order valence-electron chi connectivity index (χ1n) is 18.4. The lowest BCUT2D eigenvalue weighted by Gasteiger charge is -2.33. The number of hydrogen-bond acceptors (Lipinski definition) is 4. The second kappa shape index (κ2) is 12.9. The zero-order valence-electron chi connectivity index (χ0n) is 29.9. The summed E-state index contributed by atoms with van der Waals surface area (Å²) in [5.74, 6) is -1.94. The summed E-state index contributed by atoms with van der Waals surface area (Å²) in [6.07, 6.45) is 2.24. The van der Waals surface area contributed by atoms with Crippen molar-refractivity contribution < 1.29 is 32.3 Å². The van der Waals surface area contributed by atoms with Crippen LogP contribution in [0.5, 0.6) is 0 Å². The Hall–Kier alpha value is -4.53. The number of fused-ring (bicyclic) bond motifs is 2. The molecule has 0 saturated carbocycles. The van der Waals surface area contributed by atoms with E-state index in [4.69, 9.17) is 0 Å². The van der Waals surface area contributed by atoms with Crippen molar-refractivity contribution in [2.24, 2.45) is 11.8 Å². The fourth-order valence-corrected chi connectivity index (χ4v) is 8.68. The molecular formula is C42H43F3N2O4. The van der Waals surface area contributed by atoms with Crippen LogP contribution in [0.4, 0.5) is 13.2 Å². The first-order valence-corrected chi connectivity index (χ1v) is 18.4. The first-order chi connectivity index (χ1) is 24.4. The van der Waals surface area contributed by atoms with E-state index in [1.54, 1.807) is 31.2 Å². The van der Waals surface area contributed by atoms with E-state index in [-0.39, 0.29) is 68.7 Å². The summed E-state index contributed by atoms with van der Waals surface area (Å²) in [6, 6.07) is 9.09. The quantitative estimate of drug-likeness (QED) is 0.0739. The molecule has 51 heavy (non-hydrogen) atoms. The maximum atomic E-state index is 15.3. The molecule has 0 saturated heterocycles. The van der Waals surface area contributed by atoms with E-state index in [9.17, 15) is 19.2 Å². The Labute approximate surface area is 295 Å². The molecule has 0 fully saturated rings. The van der Waals surface area contributed by atoms with Gasteiger partial charge >= 0.3 is 6.18 Å². The fraction of sp³-hybridized carbons (Fsp3) is 0.429. The average Bonchev–Trinajstić information content (AvgIpc) is 3.11. The van der Waals surface area contributed by atoms with Gasteiger partial charge in [-0.15, -0.1) is 0 Å². The van der Waals surface area contributed by atoms with Gasteiger partial charge in [-0.05, 0) is 88.4 Å². The molecule has 0 aromatic heterocycles. The minimum atomic E-state index is -4.85. The largest absolute Gasteiger partial charge is 0.417 e. The van der Waals surface area contributed by atoms with Gasteiger partial charge in [-0.1, -0.05) is 78.4 Å². The number of carbonyl (C=O) groups is 4. The molecule has 2 heterocycles. The molecule has 2 aliphatic heterocycles. The van der Waals surface area contributed by atoms with Crippen molar-refractivity contribution in [2.75, 3.05) is 13.1 Å². The van der Waals surface area contributed by atoms with Crippen molar-refractivity contribution in [3.8, 4) is 0 Å². The number of nitrogens with zero attached hydrogens (tertiary/aromatic N) is 2. The van der Waals surface area contributed by atoms with Gasteiger partial charge in [0.15, 0.2) is 0 Å². The maximum Gasteiger partial charge on any atom is 0.417 e. The molecule has 7 rings (SSSR count). The molecule has 266 valence electrons. The highest BCUT2D eigenvalue weighted by atomic mass is 19.4. The van der Waals surface area contributed by atoms with Crippen molar-refractivity contribution in [1.82, 2.24) is 9.80 Å². The number of unbranched alkanes of at least 4 members (excludes halogenated alkanes) is 2. The predicted molar refractivity (Wildman–Crippen MR) is 195 cm³/mol. The van der Waals surface area contributed by atoms with Gasteiger partial charge in [-0.2, -0.15) is 13.2 Å². The van der Waals surface area contributed by atoms with Crippen LogP contribution in [0.3, 0.4) is 0 Å². The van der Waals surface area contributed by atoms with Gasteiger partial charge in [0, 0.05) is 51.5 Å². The van der Waals surface area contributed by atoms with Crippen molar-refractivity contribution >= 4 is 66.7 Å². The second-order valence-corrected chi connectivity index (χ2v) is 14.6. The number of aryl methyl sites for hydroxylation is 1. The van der Waals surface area contributed by atoms with E-state index in [2.05, 4.69) is 13.8 Å². The number of halogens is 3. The molecule has 0 radical (unpaired) electrons. The van der Waals surface area contributed by atoms with Crippen molar-refractivity contribution in [3.05, 3.63) is 69.8 Å². The molecule has 2 aliphatic rings. The van der Waals surface area contributed by atoms with Crippen LogP contribution in [0, 0.1) is 18.8 Å². The van der Waals surface area contributed by atoms with E-state index in [0.29, 0.717) is 27.1 Å². The van der Waals surface area contributed by atoms with Crippen LogP contribution in [-0.4, -0.2) is 46.5 Å². The van der Waals surface area contributed by atoms with Gasteiger partial charge in [0.25, 0.3) is 23.6 Å². The number of amides is 4. The third-order valence-electron chi connectivity index (χ3n) is 11.5. The third kappa shape index (κ3) is 5.29. The molecule has 5 aromatic rings. The van der Waals surface area contributed by atoms with Crippen molar-refractivity contribution in [2.45, 2.75) is 92.2 Å². The van der Waals surface area contributed by atoms with Crippen LogP contribution in [-0.2, 0) is 6.18 Å². The molecule has 0 bridgehead atoms. The Morgan fingerprint density at radius 2 is 1.02 bits per heavy atom. The lowest BCUT2D eigenvalue weighted by molar-refractivity contribution is -0.136. The molecule has 2 atom stereocenters. The van der Waals surface area contributed by atoms with Crippen molar-refractivity contribution in [1.29, 1.82) is 0 Å². The summed E-state index contributed by atoms with van der Waals surface area (Å²) in [4.78, 5) is 58.8. The van der Waals surface area contributed by atoms with Crippen LogP contribution >= 0.6 is 0 Å². The maximum absolute atomic E-state index is 15.3. The Morgan fingerprint density at radius 1 is 0.569 bits per heavy atom. The lowest BCUT2D eigenvalue weighted by Crippen LogP contribution is -2.43.